The fourth-order valence-corrected chi connectivity index (χ4v) is 2.18. The number of aromatic nitrogens is 1. The normalized spacial score (nSPS) is 12.3. The van der Waals surface area contributed by atoms with Crippen LogP contribution >= 0.6 is 0 Å². The summed E-state index contributed by atoms with van der Waals surface area (Å²) in [6.45, 7) is 7.78. The summed E-state index contributed by atoms with van der Waals surface area (Å²) in [6.07, 6.45) is 2.20. The van der Waals surface area contributed by atoms with Crippen molar-refractivity contribution < 1.29 is 9.26 Å². The van der Waals surface area contributed by atoms with Crippen LogP contribution in [0.15, 0.2) is 34.9 Å². The van der Waals surface area contributed by atoms with Gasteiger partial charge in [-0.3, -0.25) is 0 Å². The van der Waals surface area contributed by atoms with E-state index in [1.807, 2.05) is 25.1 Å². The lowest BCUT2D eigenvalue weighted by atomic mass is 10.1. The number of rotatable bonds is 8. The Morgan fingerprint density at radius 1 is 1.29 bits per heavy atom. The third-order valence-electron chi connectivity index (χ3n) is 3.27. The van der Waals surface area contributed by atoms with Crippen LogP contribution in [0.5, 0.6) is 5.75 Å². The van der Waals surface area contributed by atoms with Gasteiger partial charge < -0.3 is 14.6 Å². The standard InChI is InChI=1S/C17H24N2O2/c1-4-9-18-13(2)10-15-5-7-17(8-6-15)20-12-16-11-14(3)21-19-16/h5-8,11,13,18H,4,9-10,12H2,1-3H3. The third kappa shape index (κ3) is 5.23. The van der Waals surface area contributed by atoms with Gasteiger partial charge in [0.15, 0.2) is 0 Å². The van der Waals surface area contributed by atoms with Crippen LogP contribution in [0.25, 0.3) is 0 Å². The Kier molecular flexibility index (Phi) is 5.81. The van der Waals surface area contributed by atoms with Gasteiger partial charge >= 0.3 is 0 Å². The first-order valence-electron chi connectivity index (χ1n) is 7.54. The Morgan fingerprint density at radius 2 is 2.05 bits per heavy atom. The smallest absolute Gasteiger partial charge is 0.134 e. The lowest BCUT2D eigenvalue weighted by molar-refractivity contribution is 0.288. The summed E-state index contributed by atoms with van der Waals surface area (Å²) in [6, 6.07) is 10.6. The summed E-state index contributed by atoms with van der Waals surface area (Å²) >= 11 is 0. The highest BCUT2D eigenvalue weighted by atomic mass is 16.5. The van der Waals surface area contributed by atoms with Crippen molar-refractivity contribution in [3.05, 3.63) is 47.3 Å². The molecule has 0 aliphatic rings. The molecular weight excluding hydrogens is 264 g/mol. The molecular formula is C17H24N2O2. The maximum Gasteiger partial charge on any atom is 0.134 e. The molecule has 0 saturated carbocycles. The van der Waals surface area contributed by atoms with Gasteiger partial charge in [-0.2, -0.15) is 0 Å². The molecule has 1 aromatic carbocycles. The molecule has 0 fully saturated rings. The summed E-state index contributed by atoms with van der Waals surface area (Å²) < 4.78 is 10.7. The van der Waals surface area contributed by atoms with Gasteiger partial charge in [-0.05, 0) is 50.9 Å². The number of hydrogen-bond donors (Lipinski definition) is 1. The second-order valence-electron chi connectivity index (χ2n) is 5.42. The van der Waals surface area contributed by atoms with Crippen molar-refractivity contribution in [2.75, 3.05) is 6.54 Å². The Hall–Kier alpha value is -1.81. The zero-order valence-corrected chi connectivity index (χ0v) is 13.1. The molecule has 0 saturated heterocycles. The highest BCUT2D eigenvalue weighted by Gasteiger charge is 2.04. The van der Waals surface area contributed by atoms with Crippen LogP contribution in [-0.4, -0.2) is 17.7 Å². The van der Waals surface area contributed by atoms with Crippen molar-refractivity contribution in [1.82, 2.24) is 10.5 Å². The second-order valence-corrected chi connectivity index (χ2v) is 5.42. The van der Waals surface area contributed by atoms with Crippen molar-refractivity contribution >= 4 is 0 Å². The van der Waals surface area contributed by atoms with E-state index in [0.717, 1.165) is 30.2 Å². The summed E-state index contributed by atoms with van der Waals surface area (Å²) in [4.78, 5) is 0. The van der Waals surface area contributed by atoms with Crippen LogP contribution in [0.4, 0.5) is 0 Å². The second kappa shape index (κ2) is 7.84. The zero-order valence-electron chi connectivity index (χ0n) is 13.1. The molecule has 0 spiro atoms. The molecule has 1 N–H and O–H groups in total. The number of hydrogen-bond acceptors (Lipinski definition) is 4. The molecule has 2 rings (SSSR count). The van der Waals surface area contributed by atoms with E-state index in [2.05, 4.69) is 36.5 Å². The van der Waals surface area contributed by atoms with Crippen molar-refractivity contribution in [3.8, 4) is 5.75 Å². The summed E-state index contributed by atoms with van der Waals surface area (Å²) in [5.74, 6) is 1.66. The number of nitrogens with zero attached hydrogens (tertiary/aromatic N) is 1. The molecule has 114 valence electrons. The van der Waals surface area contributed by atoms with Crippen LogP contribution in [0.3, 0.4) is 0 Å². The van der Waals surface area contributed by atoms with Gasteiger partial charge in [0, 0.05) is 12.1 Å². The SMILES string of the molecule is CCCNC(C)Cc1ccc(OCc2cc(C)on2)cc1. The first kappa shape index (κ1) is 15.6. The van der Waals surface area contributed by atoms with Gasteiger partial charge in [-0.25, -0.2) is 0 Å². The van der Waals surface area contributed by atoms with Crippen LogP contribution in [0.2, 0.25) is 0 Å². The molecule has 0 bridgehead atoms. The zero-order chi connectivity index (χ0) is 15.1. The predicted octanol–water partition coefficient (Wildman–Crippen LogP) is 3.49. The minimum Gasteiger partial charge on any atom is -0.487 e. The Labute approximate surface area is 126 Å². The van der Waals surface area contributed by atoms with E-state index in [9.17, 15) is 0 Å². The van der Waals surface area contributed by atoms with Gasteiger partial charge in [0.1, 0.15) is 23.8 Å². The van der Waals surface area contributed by atoms with E-state index in [1.165, 1.54) is 12.0 Å². The number of benzene rings is 1. The van der Waals surface area contributed by atoms with Gasteiger partial charge in [-0.1, -0.05) is 24.2 Å². The minimum absolute atomic E-state index is 0.436. The van der Waals surface area contributed by atoms with E-state index in [4.69, 9.17) is 9.26 Å². The van der Waals surface area contributed by atoms with Gasteiger partial charge in [0.2, 0.25) is 0 Å². The van der Waals surface area contributed by atoms with Crippen LogP contribution in [0.1, 0.15) is 37.3 Å². The van der Waals surface area contributed by atoms with Gasteiger partial charge in [0.05, 0.1) is 0 Å². The lowest BCUT2D eigenvalue weighted by Gasteiger charge is -2.13. The number of nitrogens with one attached hydrogen (secondary N) is 1. The van der Waals surface area contributed by atoms with Crippen LogP contribution < -0.4 is 10.1 Å². The van der Waals surface area contributed by atoms with Crippen LogP contribution in [-0.2, 0) is 13.0 Å². The molecule has 0 amide bonds. The number of ether oxygens (including phenoxy) is 1. The molecule has 4 heteroatoms. The maximum absolute atomic E-state index is 5.69. The molecule has 0 aliphatic heterocycles. The van der Waals surface area contributed by atoms with Crippen molar-refractivity contribution in [2.24, 2.45) is 0 Å². The fraction of sp³-hybridized carbons (Fsp3) is 0.471. The van der Waals surface area contributed by atoms with Crippen molar-refractivity contribution in [1.29, 1.82) is 0 Å². The maximum atomic E-state index is 5.69. The van der Waals surface area contributed by atoms with E-state index in [1.54, 1.807) is 0 Å². The largest absolute Gasteiger partial charge is 0.487 e. The average molecular weight is 288 g/mol. The molecule has 1 heterocycles. The Balaban J connectivity index is 1.81. The number of aryl methyl sites for hydroxylation is 1. The molecule has 1 atom stereocenters. The van der Waals surface area contributed by atoms with Gasteiger partial charge in [0.25, 0.3) is 0 Å². The quantitative estimate of drug-likeness (QED) is 0.807. The van der Waals surface area contributed by atoms with Crippen LogP contribution in [0, 0.1) is 6.92 Å². The molecule has 4 nitrogen and oxygen atoms in total. The minimum atomic E-state index is 0.436. The molecule has 0 radical (unpaired) electrons. The van der Waals surface area contributed by atoms with E-state index < -0.39 is 0 Å². The topological polar surface area (TPSA) is 47.3 Å². The predicted molar refractivity (Wildman–Crippen MR) is 83.5 cm³/mol. The monoisotopic (exact) mass is 288 g/mol. The first-order valence-corrected chi connectivity index (χ1v) is 7.54. The molecule has 21 heavy (non-hydrogen) atoms. The molecule has 2 aromatic rings. The highest BCUT2D eigenvalue weighted by Crippen LogP contribution is 2.15. The summed E-state index contributed by atoms with van der Waals surface area (Å²) in [5.41, 5.74) is 2.13. The van der Waals surface area contributed by atoms with Crippen molar-refractivity contribution in [3.63, 3.8) is 0 Å². The summed E-state index contributed by atoms with van der Waals surface area (Å²) in [7, 11) is 0. The van der Waals surface area contributed by atoms with E-state index in [0.29, 0.717) is 12.6 Å². The fourth-order valence-electron chi connectivity index (χ4n) is 2.18. The average Bonchev–Trinajstić information content (AvgIpc) is 2.90. The Morgan fingerprint density at radius 3 is 2.67 bits per heavy atom. The molecule has 1 aromatic heterocycles. The summed E-state index contributed by atoms with van der Waals surface area (Å²) in [5, 5.41) is 7.40. The van der Waals surface area contributed by atoms with E-state index in [-0.39, 0.29) is 0 Å². The van der Waals surface area contributed by atoms with E-state index >= 15 is 0 Å². The molecule has 1 unspecified atom stereocenters. The molecule has 0 aliphatic carbocycles. The Bertz CT molecular complexity index is 534. The van der Waals surface area contributed by atoms with Crippen molar-refractivity contribution in [2.45, 2.75) is 46.3 Å². The highest BCUT2D eigenvalue weighted by molar-refractivity contribution is 5.28. The van der Waals surface area contributed by atoms with Gasteiger partial charge in [-0.15, -0.1) is 0 Å². The lowest BCUT2D eigenvalue weighted by Crippen LogP contribution is -2.28. The third-order valence-corrected chi connectivity index (χ3v) is 3.27. The first-order chi connectivity index (χ1) is 10.2.